The van der Waals surface area contributed by atoms with E-state index in [2.05, 4.69) is 10.3 Å². The molecular weight excluding hydrogens is 244 g/mol. The Morgan fingerprint density at radius 2 is 2.26 bits per heavy atom. The van der Waals surface area contributed by atoms with Crippen LogP contribution in [0.2, 0.25) is 0 Å². The van der Waals surface area contributed by atoms with Gasteiger partial charge in [0.05, 0.1) is 17.9 Å². The molecule has 104 valence electrons. The number of rotatable bonds is 3. The first-order chi connectivity index (χ1) is 9.04. The summed E-state index contributed by atoms with van der Waals surface area (Å²) in [5.41, 5.74) is 1.34. The number of aromatic nitrogens is 2. The van der Waals surface area contributed by atoms with Gasteiger partial charge in [0.1, 0.15) is 5.69 Å². The topological polar surface area (TPSA) is 67.2 Å². The second-order valence-corrected chi connectivity index (χ2v) is 4.92. The van der Waals surface area contributed by atoms with Gasteiger partial charge in [0.2, 0.25) is 5.91 Å². The first-order valence-electron chi connectivity index (χ1n) is 6.59. The van der Waals surface area contributed by atoms with Crippen molar-refractivity contribution in [2.24, 2.45) is 13.0 Å². The zero-order valence-corrected chi connectivity index (χ0v) is 11.6. The van der Waals surface area contributed by atoms with Crippen LogP contribution < -0.4 is 5.32 Å². The van der Waals surface area contributed by atoms with Gasteiger partial charge in [-0.25, -0.2) is 4.98 Å². The van der Waals surface area contributed by atoms with Gasteiger partial charge in [-0.1, -0.05) is 0 Å². The fourth-order valence-corrected chi connectivity index (χ4v) is 2.48. The molecule has 0 saturated carbocycles. The van der Waals surface area contributed by atoms with Gasteiger partial charge in [-0.05, 0) is 20.3 Å². The largest absolute Gasteiger partial charge is 0.356 e. The summed E-state index contributed by atoms with van der Waals surface area (Å²) in [6.07, 6.45) is 2.37. The molecule has 1 aromatic rings. The fourth-order valence-electron chi connectivity index (χ4n) is 2.48. The summed E-state index contributed by atoms with van der Waals surface area (Å²) in [6, 6.07) is 0. The van der Waals surface area contributed by atoms with Crippen molar-refractivity contribution < 1.29 is 9.59 Å². The minimum absolute atomic E-state index is 0.0377. The highest BCUT2D eigenvalue weighted by atomic mass is 16.2. The van der Waals surface area contributed by atoms with Gasteiger partial charge in [0.25, 0.3) is 5.91 Å². The lowest BCUT2D eigenvalue weighted by atomic mass is 10.1. The van der Waals surface area contributed by atoms with Crippen LogP contribution in [0.25, 0.3) is 0 Å². The quantitative estimate of drug-likeness (QED) is 0.855. The van der Waals surface area contributed by atoms with Crippen molar-refractivity contribution in [1.29, 1.82) is 0 Å². The van der Waals surface area contributed by atoms with Crippen LogP contribution in [0.5, 0.6) is 0 Å². The zero-order valence-electron chi connectivity index (χ0n) is 11.6. The van der Waals surface area contributed by atoms with Gasteiger partial charge in [-0.3, -0.25) is 9.59 Å². The lowest BCUT2D eigenvalue weighted by molar-refractivity contribution is -0.124. The second kappa shape index (κ2) is 5.42. The predicted molar refractivity (Wildman–Crippen MR) is 70.6 cm³/mol. The molecule has 19 heavy (non-hydrogen) atoms. The molecule has 0 spiro atoms. The average Bonchev–Trinajstić information content (AvgIpc) is 2.97. The normalized spacial score (nSPS) is 18.7. The number of aryl methyl sites for hydroxylation is 2. The first-order valence-corrected chi connectivity index (χ1v) is 6.59. The molecule has 2 rings (SSSR count). The average molecular weight is 264 g/mol. The molecule has 0 radical (unpaired) electrons. The minimum Gasteiger partial charge on any atom is -0.356 e. The van der Waals surface area contributed by atoms with Gasteiger partial charge in [0, 0.05) is 26.7 Å². The number of nitrogens with zero attached hydrogens (tertiary/aromatic N) is 3. The summed E-state index contributed by atoms with van der Waals surface area (Å²) >= 11 is 0. The fraction of sp³-hybridized carbons (Fsp3) is 0.615. The summed E-state index contributed by atoms with van der Waals surface area (Å²) in [4.78, 5) is 30.0. The van der Waals surface area contributed by atoms with Crippen LogP contribution in [0.15, 0.2) is 6.33 Å². The van der Waals surface area contributed by atoms with E-state index >= 15 is 0 Å². The maximum Gasteiger partial charge on any atom is 0.272 e. The molecule has 0 unspecified atom stereocenters. The monoisotopic (exact) mass is 264 g/mol. The molecular formula is C13H20N4O2. The Morgan fingerprint density at radius 1 is 1.53 bits per heavy atom. The standard InChI is InChI=1S/C13H20N4O2/c1-4-14-12(18)10-5-6-17(7-10)13(19)11-9(2)15-8-16(11)3/h8,10H,4-7H2,1-3H3,(H,14,18)/t10-/m1/s1. The molecule has 2 heterocycles. The predicted octanol–water partition coefficient (Wildman–Crippen LogP) is 0.327. The highest BCUT2D eigenvalue weighted by Crippen LogP contribution is 2.19. The zero-order chi connectivity index (χ0) is 14.0. The lowest BCUT2D eigenvalue weighted by Gasteiger charge is -2.17. The van der Waals surface area contributed by atoms with Gasteiger partial charge in [-0.2, -0.15) is 0 Å². The molecule has 0 aliphatic carbocycles. The van der Waals surface area contributed by atoms with Crippen molar-refractivity contribution in [3.8, 4) is 0 Å². The third-order valence-electron chi connectivity index (χ3n) is 3.52. The van der Waals surface area contributed by atoms with Crippen molar-refractivity contribution in [3.05, 3.63) is 17.7 Å². The molecule has 1 aliphatic heterocycles. The first kappa shape index (κ1) is 13.6. The summed E-state index contributed by atoms with van der Waals surface area (Å²) in [5.74, 6) is -0.0822. The van der Waals surface area contributed by atoms with E-state index in [-0.39, 0.29) is 17.7 Å². The molecule has 6 nitrogen and oxygen atoms in total. The Kier molecular flexibility index (Phi) is 3.87. The van der Waals surface area contributed by atoms with Crippen molar-refractivity contribution >= 4 is 11.8 Å². The van der Waals surface area contributed by atoms with Gasteiger partial charge >= 0.3 is 0 Å². The summed E-state index contributed by atoms with van der Waals surface area (Å²) < 4.78 is 1.73. The molecule has 2 amide bonds. The molecule has 1 N–H and O–H groups in total. The van der Waals surface area contributed by atoms with Gasteiger partial charge in [-0.15, -0.1) is 0 Å². The highest BCUT2D eigenvalue weighted by Gasteiger charge is 2.32. The maximum absolute atomic E-state index is 12.4. The molecule has 0 bridgehead atoms. The number of carbonyl (C=O) groups excluding carboxylic acids is 2. The van der Waals surface area contributed by atoms with E-state index in [0.717, 1.165) is 12.1 Å². The third kappa shape index (κ3) is 2.62. The van der Waals surface area contributed by atoms with Crippen molar-refractivity contribution in [2.75, 3.05) is 19.6 Å². The highest BCUT2D eigenvalue weighted by molar-refractivity contribution is 5.94. The number of hydrogen-bond acceptors (Lipinski definition) is 3. The van der Waals surface area contributed by atoms with Gasteiger partial charge < -0.3 is 14.8 Å². The minimum atomic E-state index is -0.0857. The van der Waals surface area contributed by atoms with Crippen LogP contribution in [0.4, 0.5) is 0 Å². The van der Waals surface area contributed by atoms with E-state index in [1.165, 1.54) is 0 Å². The Labute approximate surface area is 112 Å². The van der Waals surface area contributed by atoms with Crippen molar-refractivity contribution in [1.82, 2.24) is 19.8 Å². The molecule has 1 aliphatic rings. The molecule has 1 atom stereocenters. The number of amides is 2. The number of hydrogen-bond donors (Lipinski definition) is 1. The molecule has 1 fully saturated rings. The maximum atomic E-state index is 12.4. The van der Waals surface area contributed by atoms with Crippen LogP contribution in [0.1, 0.15) is 29.5 Å². The Bertz CT molecular complexity index is 475. The number of carbonyl (C=O) groups is 2. The van der Waals surface area contributed by atoms with E-state index in [1.54, 1.807) is 15.8 Å². The van der Waals surface area contributed by atoms with Gasteiger partial charge in [0.15, 0.2) is 0 Å². The van der Waals surface area contributed by atoms with E-state index in [0.29, 0.717) is 25.3 Å². The summed E-state index contributed by atoms with van der Waals surface area (Å²) in [5, 5.41) is 2.81. The molecule has 0 aromatic carbocycles. The number of likely N-dealkylation sites (tertiary alicyclic amines) is 1. The Morgan fingerprint density at radius 3 is 2.84 bits per heavy atom. The SMILES string of the molecule is CCNC(=O)[C@@H]1CCN(C(=O)c2c(C)ncn2C)C1. The van der Waals surface area contributed by atoms with Crippen LogP contribution in [0.3, 0.4) is 0 Å². The smallest absolute Gasteiger partial charge is 0.272 e. The molecule has 6 heteroatoms. The van der Waals surface area contributed by atoms with Crippen LogP contribution in [0, 0.1) is 12.8 Å². The third-order valence-corrected chi connectivity index (χ3v) is 3.52. The van der Waals surface area contributed by atoms with Crippen LogP contribution in [-0.2, 0) is 11.8 Å². The van der Waals surface area contributed by atoms with Crippen molar-refractivity contribution in [3.63, 3.8) is 0 Å². The number of nitrogens with one attached hydrogen (secondary N) is 1. The van der Waals surface area contributed by atoms with E-state index in [9.17, 15) is 9.59 Å². The van der Waals surface area contributed by atoms with E-state index < -0.39 is 0 Å². The lowest BCUT2D eigenvalue weighted by Crippen LogP contribution is -2.35. The summed E-state index contributed by atoms with van der Waals surface area (Å²) in [6.45, 7) is 5.48. The van der Waals surface area contributed by atoms with E-state index in [4.69, 9.17) is 0 Å². The van der Waals surface area contributed by atoms with Crippen molar-refractivity contribution in [2.45, 2.75) is 20.3 Å². The van der Waals surface area contributed by atoms with Crippen LogP contribution >= 0.6 is 0 Å². The molecule has 1 aromatic heterocycles. The molecule has 1 saturated heterocycles. The Balaban J connectivity index is 2.05. The Hall–Kier alpha value is -1.85. The summed E-state index contributed by atoms with van der Waals surface area (Å²) in [7, 11) is 1.81. The van der Waals surface area contributed by atoms with E-state index in [1.807, 2.05) is 20.9 Å². The van der Waals surface area contributed by atoms with Crippen LogP contribution in [-0.4, -0.2) is 45.9 Å². The second-order valence-electron chi connectivity index (χ2n) is 4.92. The number of imidazole rings is 1.